The fraction of sp³-hybridized carbons (Fsp3) is 0.100. The van der Waals surface area contributed by atoms with Crippen LogP contribution in [0.3, 0.4) is 0 Å². The minimum Gasteiger partial charge on any atom is -0.494 e. The molecule has 0 spiro atoms. The maximum absolute atomic E-state index is 13.1. The van der Waals surface area contributed by atoms with E-state index < -0.39 is 16.7 Å². The summed E-state index contributed by atoms with van der Waals surface area (Å²) in [6.45, 7) is 2.35. The molecule has 0 aliphatic carbocycles. The third-order valence-corrected chi connectivity index (χ3v) is 5.38. The highest BCUT2D eigenvalue weighted by atomic mass is 79.9. The van der Waals surface area contributed by atoms with E-state index in [-0.39, 0.29) is 15.7 Å². The lowest BCUT2D eigenvalue weighted by molar-refractivity contribution is -0.385. The molecule has 1 aliphatic heterocycles. The van der Waals surface area contributed by atoms with Crippen LogP contribution in [0.4, 0.5) is 11.4 Å². The molecule has 1 aliphatic rings. The Morgan fingerprint density at radius 2 is 1.75 bits per heavy atom. The smallest absolute Gasteiger partial charge is 0.284 e. The Kier molecular flexibility index (Phi) is 4.35. The van der Waals surface area contributed by atoms with E-state index in [0.717, 1.165) is 4.90 Å². The summed E-state index contributed by atoms with van der Waals surface area (Å²) in [4.78, 5) is 38.1. The highest BCUT2D eigenvalue weighted by Crippen LogP contribution is 2.40. The summed E-state index contributed by atoms with van der Waals surface area (Å²) >= 11 is 3.23. The molecule has 1 heterocycles. The van der Waals surface area contributed by atoms with Crippen molar-refractivity contribution in [2.75, 3.05) is 11.5 Å². The number of anilines is 1. The highest BCUT2D eigenvalue weighted by Gasteiger charge is 2.36. The molecule has 0 unspecified atom stereocenters. The normalized spacial score (nSPS) is 13.1. The lowest BCUT2D eigenvalue weighted by atomic mass is 9.93. The molecular formula is C20H13BrN2O5. The van der Waals surface area contributed by atoms with Gasteiger partial charge in [0, 0.05) is 22.4 Å². The first kappa shape index (κ1) is 18.1. The lowest BCUT2D eigenvalue weighted by Crippen LogP contribution is -2.40. The van der Waals surface area contributed by atoms with Gasteiger partial charge >= 0.3 is 0 Å². The summed E-state index contributed by atoms with van der Waals surface area (Å²) in [5.74, 6) is -0.466. The van der Waals surface area contributed by atoms with Crippen LogP contribution in [-0.2, 0) is 0 Å². The molecule has 0 radical (unpaired) electrons. The first-order valence-electron chi connectivity index (χ1n) is 8.45. The zero-order valence-electron chi connectivity index (χ0n) is 14.6. The van der Waals surface area contributed by atoms with E-state index in [2.05, 4.69) is 15.9 Å². The summed E-state index contributed by atoms with van der Waals surface area (Å²) in [7, 11) is 0. The van der Waals surface area contributed by atoms with Crippen molar-refractivity contribution in [3.8, 4) is 5.75 Å². The number of carbonyl (C=O) groups is 2. The Bertz CT molecular complexity index is 1160. The van der Waals surface area contributed by atoms with Gasteiger partial charge in [-0.05, 0) is 53.2 Å². The summed E-state index contributed by atoms with van der Waals surface area (Å²) in [5, 5.41) is 12.3. The van der Waals surface area contributed by atoms with Gasteiger partial charge in [-0.25, -0.2) is 4.90 Å². The Morgan fingerprint density at radius 3 is 2.39 bits per heavy atom. The molecule has 4 rings (SSSR count). The van der Waals surface area contributed by atoms with Crippen molar-refractivity contribution < 1.29 is 19.2 Å². The van der Waals surface area contributed by atoms with E-state index >= 15 is 0 Å². The molecule has 8 heteroatoms. The topological polar surface area (TPSA) is 89.8 Å². The van der Waals surface area contributed by atoms with Gasteiger partial charge in [-0.3, -0.25) is 19.7 Å². The Balaban J connectivity index is 1.92. The van der Waals surface area contributed by atoms with Crippen molar-refractivity contribution in [3.05, 3.63) is 74.2 Å². The van der Waals surface area contributed by atoms with Gasteiger partial charge in [0.25, 0.3) is 17.5 Å². The molecule has 0 fully saturated rings. The van der Waals surface area contributed by atoms with Gasteiger partial charge in [0.1, 0.15) is 10.2 Å². The third kappa shape index (κ3) is 2.65. The number of carbonyl (C=O) groups excluding carboxylic acids is 2. The maximum Gasteiger partial charge on any atom is 0.284 e. The lowest BCUT2D eigenvalue weighted by Gasteiger charge is -2.27. The second-order valence-electron chi connectivity index (χ2n) is 6.12. The van der Waals surface area contributed by atoms with Crippen LogP contribution in [0.1, 0.15) is 27.6 Å². The minimum absolute atomic E-state index is 0.119. The van der Waals surface area contributed by atoms with E-state index in [1.807, 2.05) is 6.92 Å². The summed E-state index contributed by atoms with van der Waals surface area (Å²) in [6.07, 6.45) is 0. The van der Waals surface area contributed by atoms with Gasteiger partial charge in [-0.15, -0.1) is 0 Å². The van der Waals surface area contributed by atoms with Crippen molar-refractivity contribution in [2.24, 2.45) is 0 Å². The number of amides is 2. The second-order valence-corrected chi connectivity index (χ2v) is 6.91. The molecule has 140 valence electrons. The average Bonchev–Trinajstić information content (AvgIpc) is 2.68. The SMILES string of the molecule is CCOc1ccc(N2C(=O)c3cccc4c(Br)c([N+](=O)[O-])cc(c34)C2=O)cc1. The van der Waals surface area contributed by atoms with Crippen molar-refractivity contribution >= 4 is 49.9 Å². The molecule has 0 aromatic heterocycles. The van der Waals surface area contributed by atoms with Crippen molar-refractivity contribution in [1.82, 2.24) is 0 Å². The number of rotatable bonds is 4. The van der Waals surface area contributed by atoms with Crippen LogP contribution in [0.2, 0.25) is 0 Å². The van der Waals surface area contributed by atoms with Gasteiger partial charge in [0.15, 0.2) is 0 Å². The van der Waals surface area contributed by atoms with E-state index in [4.69, 9.17) is 4.74 Å². The van der Waals surface area contributed by atoms with E-state index in [9.17, 15) is 19.7 Å². The Hall–Kier alpha value is -3.26. The highest BCUT2D eigenvalue weighted by molar-refractivity contribution is 9.10. The largest absolute Gasteiger partial charge is 0.494 e. The zero-order valence-corrected chi connectivity index (χ0v) is 16.2. The van der Waals surface area contributed by atoms with E-state index in [1.165, 1.54) is 6.07 Å². The van der Waals surface area contributed by atoms with E-state index in [1.54, 1.807) is 42.5 Å². The molecule has 0 bridgehead atoms. The van der Waals surface area contributed by atoms with Crippen LogP contribution in [0.15, 0.2) is 53.0 Å². The zero-order chi connectivity index (χ0) is 20.0. The number of nitrogens with zero attached hydrogens (tertiary/aromatic N) is 2. The van der Waals surface area contributed by atoms with Crippen LogP contribution in [0.5, 0.6) is 5.75 Å². The molecule has 0 N–H and O–H groups in total. The third-order valence-electron chi connectivity index (χ3n) is 4.55. The number of benzene rings is 3. The van der Waals surface area contributed by atoms with Crippen LogP contribution in [-0.4, -0.2) is 23.3 Å². The second kappa shape index (κ2) is 6.72. The molecule has 0 atom stereocenters. The summed E-state index contributed by atoms with van der Waals surface area (Å²) in [5.41, 5.74) is 0.575. The molecule has 0 saturated carbocycles. The number of halogens is 1. The number of hydrogen-bond acceptors (Lipinski definition) is 5. The first-order chi connectivity index (χ1) is 13.4. The fourth-order valence-corrected chi connectivity index (χ4v) is 3.93. The average molecular weight is 441 g/mol. The van der Waals surface area contributed by atoms with Gasteiger partial charge in [0.05, 0.1) is 22.8 Å². The van der Waals surface area contributed by atoms with Crippen molar-refractivity contribution in [2.45, 2.75) is 6.92 Å². The monoisotopic (exact) mass is 440 g/mol. The Labute approximate surface area is 167 Å². The molecular weight excluding hydrogens is 428 g/mol. The first-order valence-corrected chi connectivity index (χ1v) is 9.24. The fourth-order valence-electron chi connectivity index (χ4n) is 3.34. The van der Waals surface area contributed by atoms with Crippen molar-refractivity contribution in [3.63, 3.8) is 0 Å². The van der Waals surface area contributed by atoms with Gasteiger partial charge < -0.3 is 4.74 Å². The van der Waals surface area contributed by atoms with Crippen LogP contribution >= 0.6 is 15.9 Å². The number of imide groups is 1. The predicted molar refractivity (Wildman–Crippen MR) is 107 cm³/mol. The quantitative estimate of drug-likeness (QED) is 0.332. The molecule has 0 saturated heterocycles. The van der Waals surface area contributed by atoms with Crippen LogP contribution < -0.4 is 9.64 Å². The van der Waals surface area contributed by atoms with Crippen LogP contribution in [0, 0.1) is 10.1 Å². The predicted octanol–water partition coefficient (Wildman–Crippen LogP) is 4.71. The molecule has 3 aromatic rings. The molecule has 28 heavy (non-hydrogen) atoms. The number of ether oxygens (including phenoxy) is 1. The van der Waals surface area contributed by atoms with Crippen LogP contribution in [0.25, 0.3) is 10.8 Å². The molecule has 3 aromatic carbocycles. The standard InChI is InChI=1S/C20H13BrN2O5/c1-2-28-12-8-6-11(7-9-12)22-19(24)14-5-3-4-13-17(14)15(20(22)25)10-16(18(13)21)23(26)27/h3-10H,2H2,1H3. The molecule has 2 amide bonds. The van der Waals surface area contributed by atoms with Crippen molar-refractivity contribution in [1.29, 1.82) is 0 Å². The minimum atomic E-state index is -0.603. The van der Waals surface area contributed by atoms with Gasteiger partial charge in [-0.1, -0.05) is 12.1 Å². The number of hydrogen-bond donors (Lipinski definition) is 0. The van der Waals surface area contributed by atoms with Gasteiger partial charge in [-0.2, -0.15) is 0 Å². The number of nitro groups is 1. The van der Waals surface area contributed by atoms with E-state index in [0.29, 0.717) is 34.4 Å². The van der Waals surface area contributed by atoms with Gasteiger partial charge in [0.2, 0.25) is 0 Å². The maximum atomic E-state index is 13.1. The molecule has 7 nitrogen and oxygen atoms in total. The Morgan fingerprint density at radius 1 is 1.07 bits per heavy atom. The summed E-state index contributed by atoms with van der Waals surface area (Å²) in [6, 6.07) is 12.7. The number of nitro benzene ring substituents is 1. The summed E-state index contributed by atoms with van der Waals surface area (Å²) < 4.78 is 5.64.